The van der Waals surface area contributed by atoms with Crippen LogP contribution in [0, 0.1) is 0 Å². The van der Waals surface area contributed by atoms with Crippen molar-refractivity contribution in [1.82, 2.24) is 0 Å². The van der Waals surface area contributed by atoms with E-state index in [0.29, 0.717) is 0 Å². The van der Waals surface area contributed by atoms with Crippen molar-refractivity contribution >= 4 is 11.6 Å². The summed E-state index contributed by atoms with van der Waals surface area (Å²) in [5.41, 5.74) is 0. The second-order valence-corrected chi connectivity index (χ2v) is 5.31. The molecule has 0 heterocycles. The number of hydrogen-bond donors (Lipinski definition) is 0. The zero-order valence-corrected chi connectivity index (χ0v) is 12.9. The van der Waals surface area contributed by atoms with E-state index in [1.807, 2.05) is 54.6 Å². The van der Waals surface area contributed by atoms with Crippen LogP contribution in [-0.4, -0.2) is 13.2 Å². The summed E-state index contributed by atoms with van der Waals surface area (Å²) in [5, 5.41) is 0.737. The average Bonchev–Trinajstić information content (AvgIpc) is 2.53. The van der Waals surface area contributed by atoms with E-state index >= 15 is 0 Å². The Morgan fingerprint density at radius 1 is 0.619 bits per heavy atom. The number of ether oxygens (including phenoxy) is 2. The number of para-hydroxylation sites is 1. The lowest BCUT2D eigenvalue weighted by Crippen LogP contribution is -1.99. The van der Waals surface area contributed by atoms with Gasteiger partial charge in [-0.2, -0.15) is 0 Å². The molecule has 0 saturated heterocycles. The predicted octanol–water partition coefficient (Wildman–Crippen LogP) is 5.36. The monoisotopic (exact) mass is 304 g/mol. The Bertz CT molecular complexity index is 496. The molecule has 0 aliphatic rings. The number of hydrogen-bond acceptors (Lipinski definition) is 2. The van der Waals surface area contributed by atoms with Crippen molar-refractivity contribution in [3.63, 3.8) is 0 Å². The first-order valence-electron chi connectivity index (χ1n) is 7.41. The molecule has 0 aromatic heterocycles. The number of halogens is 1. The second kappa shape index (κ2) is 9.30. The fourth-order valence-corrected chi connectivity index (χ4v) is 2.11. The maximum atomic E-state index is 5.82. The van der Waals surface area contributed by atoms with Crippen molar-refractivity contribution < 1.29 is 9.47 Å². The molecule has 0 saturated carbocycles. The van der Waals surface area contributed by atoms with E-state index < -0.39 is 0 Å². The van der Waals surface area contributed by atoms with E-state index in [-0.39, 0.29) is 0 Å². The number of benzene rings is 2. The summed E-state index contributed by atoms with van der Waals surface area (Å²) in [6.45, 7) is 1.53. The Morgan fingerprint density at radius 3 is 1.71 bits per heavy atom. The van der Waals surface area contributed by atoms with Gasteiger partial charge in [-0.05, 0) is 62.1 Å². The summed E-state index contributed by atoms with van der Waals surface area (Å²) >= 11 is 5.82. The first kappa shape index (κ1) is 15.7. The quantitative estimate of drug-likeness (QED) is 0.581. The standard InChI is InChI=1S/C18H21ClO2/c19-16-10-12-18(13-11-16)21-15-7-2-1-6-14-20-17-8-4-3-5-9-17/h3-5,8-13H,1-2,6-7,14-15H2. The van der Waals surface area contributed by atoms with E-state index in [1.165, 1.54) is 0 Å². The maximum Gasteiger partial charge on any atom is 0.119 e. The lowest BCUT2D eigenvalue weighted by Gasteiger charge is -2.07. The molecule has 0 spiro atoms. The van der Waals surface area contributed by atoms with Crippen LogP contribution in [0.15, 0.2) is 54.6 Å². The predicted molar refractivity (Wildman–Crippen MR) is 87.4 cm³/mol. The second-order valence-electron chi connectivity index (χ2n) is 4.88. The van der Waals surface area contributed by atoms with Crippen LogP contribution < -0.4 is 9.47 Å². The van der Waals surface area contributed by atoms with E-state index in [2.05, 4.69) is 0 Å². The molecular formula is C18H21ClO2. The van der Waals surface area contributed by atoms with Crippen LogP contribution in [0.4, 0.5) is 0 Å². The Kier molecular flexibility index (Phi) is 6.96. The molecule has 0 aliphatic carbocycles. The molecule has 21 heavy (non-hydrogen) atoms. The Morgan fingerprint density at radius 2 is 1.14 bits per heavy atom. The SMILES string of the molecule is Clc1ccc(OCCCCCCOc2ccccc2)cc1. The van der Waals surface area contributed by atoms with Gasteiger partial charge in [0.2, 0.25) is 0 Å². The smallest absolute Gasteiger partial charge is 0.119 e. The summed E-state index contributed by atoms with van der Waals surface area (Å²) in [4.78, 5) is 0. The topological polar surface area (TPSA) is 18.5 Å². The van der Waals surface area contributed by atoms with Gasteiger partial charge in [-0.3, -0.25) is 0 Å². The van der Waals surface area contributed by atoms with Crippen molar-refractivity contribution in [3.05, 3.63) is 59.6 Å². The van der Waals surface area contributed by atoms with Crippen LogP contribution in [0.5, 0.6) is 11.5 Å². The molecule has 0 atom stereocenters. The average molecular weight is 305 g/mol. The van der Waals surface area contributed by atoms with Gasteiger partial charge in [0.05, 0.1) is 13.2 Å². The molecule has 2 aromatic rings. The van der Waals surface area contributed by atoms with Crippen molar-refractivity contribution in [1.29, 1.82) is 0 Å². The molecule has 0 fully saturated rings. The first-order valence-corrected chi connectivity index (χ1v) is 7.78. The lowest BCUT2D eigenvalue weighted by atomic mass is 10.2. The third-order valence-corrected chi connectivity index (χ3v) is 3.38. The third kappa shape index (κ3) is 6.54. The summed E-state index contributed by atoms with van der Waals surface area (Å²) in [7, 11) is 0. The van der Waals surface area contributed by atoms with Gasteiger partial charge >= 0.3 is 0 Å². The molecule has 0 unspecified atom stereocenters. The van der Waals surface area contributed by atoms with Crippen LogP contribution in [0.2, 0.25) is 5.02 Å². The van der Waals surface area contributed by atoms with Gasteiger partial charge in [0, 0.05) is 5.02 Å². The summed E-state index contributed by atoms with van der Waals surface area (Å²) in [6, 6.07) is 17.4. The first-order chi connectivity index (χ1) is 10.3. The minimum atomic E-state index is 0.737. The molecule has 2 aromatic carbocycles. The molecule has 2 rings (SSSR count). The third-order valence-electron chi connectivity index (χ3n) is 3.13. The zero-order valence-electron chi connectivity index (χ0n) is 12.1. The van der Waals surface area contributed by atoms with E-state index in [9.17, 15) is 0 Å². The van der Waals surface area contributed by atoms with Crippen molar-refractivity contribution in [2.24, 2.45) is 0 Å². The van der Waals surface area contributed by atoms with Crippen LogP contribution in [0.1, 0.15) is 25.7 Å². The maximum absolute atomic E-state index is 5.82. The van der Waals surface area contributed by atoms with Gasteiger partial charge < -0.3 is 9.47 Å². The molecule has 112 valence electrons. The minimum Gasteiger partial charge on any atom is -0.494 e. The normalized spacial score (nSPS) is 10.3. The van der Waals surface area contributed by atoms with Gasteiger partial charge in [0.25, 0.3) is 0 Å². The van der Waals surface area contributed by atoms with Gasteiger partial charge in [-0.25, -0.2) is 0 Å². The Labute approximate surface area is 131 Å². The zero-order chi connectivity index (χ0) is 14.8. The Balaban J connectivity index is 1.46. The molecular weight excluding hydrogens is 284 g/mol. The highest BCUT2D eigenvalue weighted by atomic mass is 35.5. The van der Waals surface area contributed by atoms with E-state index in [0.717, 1.165) is 55.4 Å². The molecule has 2 nitrogen and oxygen atoms in total. The molecule has 0 aliphatic heterocycles. The molecule has 0 amide bonds. The van der Waals surface area contributed by atoms with E-state index in [4.69, 9.17) is 21.1 Å². The number of unbranched alkanes of at least 4 members (excludes halogenated alkanes) is 3. The van der Waals surface area contributed by atoms with Crippen LogP contribution in [-0.2, 0) is 0 Å². The van der Waals surface area contributed by atoms with Gasteiger partial charge in [0.1, 0.15) is 11.5 Å². The summed E-state index contributed by atoms with van der Waals surface area (Å²) in [6.07, 6.45) is 4.46. The van der Waals surface area contributed by atoms with Crippen LogP contribution >= 0.6 is 11.6 Å². The lowest BCUT2D eigenvalue weighted by molar-refractivity contribution is 0.287. The highest BCUT2D eigenvalue weighted by Crippen LogP contribution is 2.16. The highest BCUT2D eigenvalue weighted by Gasteiger charge is 1.96. The van der Waals surface area contributed by atoms with Gasteiger partial charge in [-0.1, -0.05) is 29.8 Å². The van der Waals surface area contributed by atoms with Crippen LogP contribution in [0.25, 0.3) is 0 Å². The molecule has 0 N–H and O–H groups in total. The highest BCUT2D eigenvalue weighted by molar-refractivity contribution is 6.30. The molecule has 0 radical (unpaired) electrons. The summed E-state index contributed by atoms with van der Waals surface area (Å²) in [5.74, 6) is 1.83. The molecule has 0 bridgehead atoms. The largest absolute Gasteiger partial charge is 0.494 e. The minimum absolute atomic E-state index is 0.737. The van der Waals surface area contributed by atoms with Crippen molar-refractivity contribution in [2.45, 2.75) is 25.7 Å². The van der Waals surface area contributed by atoms with E-state index in [1.54, 1.807) is 0 Å². The van der Waals surface area contributed by atoms with Gasteiger partial charge in [-0.15, -0.1) is 0 Å². The fourth-order valence-electron chi connectivity index (χ4n) is 1.99. The van der Waals surface area contributed by atoms with Crippen LogP contribution in [0.3, 0.4) is 0 Å². The number of rotatable bonds is 9. The van der Waals surface area contributed by atoms with Crippen molar-refractivity contribution in [3.8, 4) is 11.5 Å². The Hall–Kier alpha value is -1.67. The van der Waals surface area contributed by atoms with Crippen molar-refractivity contribution in [2.75, 3.05) is 13.2 Å². The summed E-state index contributed by atoms with van der Waals surface area (Å²) < 4.78 is 11.3. The fraction of sp³-hybridized carbons (Fsp3) is 0.333. The van der Waals surface area contributed by atoms with Gasteiger partial charge in [0.15, 0.2) is 0 Å². The molecule has 3 heteroatoms.